The van der Waals surface area contributed by atoms with Gasteiger partial charge in [-0.3, -0.25) is 4.79 Å². The normalized spacial score (nSPS) is 27.0. The van der Waals surface area contributed by atoms with Gasteiger partial charge in [-0.05, 0) is 48.4 Å². The van der Waals surface area contributed by atoms with E-state index >= 15 is 0 Å². The summed E-state index contributed by atoms with van der Waals surface area (Å²) in [7, 11) is 1.26. The Morgan fingerprint density at radius 3 is 2.44 bits per heavy atom. The van der Waals surface area contributed by atoms with Crippen LogP contribution in [-0.2, 0) is 15.3 Å². The second-order valence-electron chi connectivity index (χ2n) is 8.17. The number of benzene rings is 2. The van der Waals surface area contributed by atoms with Gasteiger partial charge in [-0.25, -0.2) is 4.39 Å². The monoisotopic (exact) mass is 488 g/mol. The molecule has 3 aromatic rings. The number of hydrogen-bond acceptors (Lipinski definition) is 8. The third-order valence-corrected chi connectivity index (χ3v) is 7.23. The molecule has 2 heterocycles. The van der Waals surface area contributed by atoms with E-state index < -0.39 is 36.8 Å². The molecule has 0 amide bonds. The van der Waals surface area contributed by atoms with Crippen LogP contribution < -0.4 is 0 Å². The molecule has 7 nitrogen and oxygen atoms in total. The average Bonchev–Trinajstić information content (AvgIpc) is 3.34. The highest BCUT2D eigenvalue weighted by Crippen LogP contribution is 2.40. The average molecular weight is 489 g/mol. The molecule has 1 fully saturated rings. The van der Waals surface area contributed by atoms with Crippen molar-refractivity contribution in [1.29, 1.82) is 0 Å². The van der Waals surface area contributed by atoms with Crippen molar-refractivity contribution in [3.63, 3.8) is 0 Å². The molecule has 0 aliphatic carbocycles. The van der Waals surface area contributed by atoms with Crippen LogP contribution in [-0.4, -0.2) is 64.3 Å². The first-order valence-corrected chi connectivity index (χ1v) is 11.4. The number of aliphatic hydroxyl groups excluding tert-OH is 4. The van der Waals surface area contributed by atoms with Crippen molar-refractivity contribution in [3.05, 3.63) is 82.0 Å². The fourth-order valence-electron chi connectivity index (χ4n) is 4.11. The lowest BCUT2D eigenvalue weighted by atomic mass is 9.86. The molecule has 4 N–H and O–H groups in total. The topological polar surface area (TPSA) is 116 Å². The Labute approximate surface area is 199 Å². The summed E-state index contributed by atoms with van der Waals surface area (Å²) in [5.41, 5.74) is 2.03. The largest absolute Gasteiger partial charge is 0.394 e. The van der Waals surface area contributed by atoms with Gasteiger partial charge in [-0.1, -0.05) is 24.3 Å². The summed E-state index contributed by atoms with van der Waals surface area (Å²) in [5, 5.41) is 40.8. The van der Waals surface area contributed by atoms with Crippen molar-refractivity contribution in [2.45, 2.75) is 37.1 Å². The fraction of sp³-hybridized carbons (Fsp3) is 0.320. The zero-order valence-corrected chi connectivity index (χ0v) is 19.3. The molecule has 2 aromatic carbocycles. The summed E-state index contributed by atoms with van der Waals surface area (Å²) < 4.78 is 24.5. The van der Waals surface area contributed by atoms with Crippen LogP contribution in [0.25, 0.3) is 10.4 Å². The quantitative estimate of drug-likeness (QED) is 0.394. The number of thiophene rings is 1. The van der Waals surface area contributed by atoms with Crippen molar-refractivity contribution in [2.24, 2.45) is 0 Å². The Balaban J connectivity index is 1.71. The molecule has 0 unspecified atom stereocenters. The van der Waals surface area contributed by atoms with E-state index in [0.717, 1.165) is 10.4 Å². The summed E-state index contributed by atoms with van der Waals surface area (Å²) in [5.74, 6) is -2.53. The molecule has 1 aliphatic heterocycles. The van der Waals surface area contributed by atoms with Gasteiger partial charge < -0.3 is 29.9 Å². The Hall–Kier alpha value is -2.50. The van der Waals surface area contributed by atoms with Crippen molar-refractivity contribution in [3.8, 4) is 10.4 Å². The maximum Gasteiger partial charge on any atom is 0.224 e. The van der Waals surface area contributed by atoms with Crippen LogP contribution in [0.4, 0.5) is 4.39 Å². The number of rotatable bonds is 6. The number of ether oxygens (including phenoxy) is 2. The maximum absolute atomic E-state index is 13.4. The molecule has 0 bridgehead atoms. The highest BCUT2D eigenvalue weighted by atomic mass is 32.1. The molecular weight excluding hydrogens is 463 g/mol. The van der Waals surface area contributed by atoms with E-state index in [0.29, 0.717) is 16.0 Å². The predicted octanol–water partition coefficient (Wildman–Crippen LogP) is 2.37. The molecule has 34 heavy (non-hydrogen) atoms. The molecule has 1 aliphatic rings. The van der Waals surface area contributed by atoms with Crippen molar-refractivity contribution in [1.82, 2.24) is 0 Å². The molecule has 1 saturated heterocycles. The van der Waals surface area contributed by atoms with Gasteiger partial charge in [-0.15, -0.1) is 11.3 Å². The van der Waals surface area contributed by atoms with E-state index in [9.17, 15) is 29.6 Å². The third kappa shape index (κ3) is 4.20. The van der Waals surface area contributed by atoms with Gasteiger partial charge in [-0.2, -0.15) is 0 Å². The lowest BCUT2D eigenvalue weighted by Gasteiger charge is -2.47. The van der Waals surface area contributed by atoms with Crippen LogP contribution in [0.15, 0.2) is 54.6 Å². The minimum absolute atomic E-state index is 0.246. The van der Waals surface area contributed by atoms with E-state index in [1.54, 1.807) is 43.3 Å². The lowest BCUT2D eigenvalue weighted by Crippen LogP contribution is -2.64. The van der Waals surface area contributed by atoms with Crippen molar-refractivity contribution in [2.75, 3.05) is 13.7 Å². The molecule has 5 atom stereocenters. The molecule has 0 spiro atoms. The van der Waals surface area contributed by atoms with Gasteiger partial charge >= 0.3 is 0 Å². The molecule has 180 valence electrons. The zero-order valence-electron chi connectivity index (χ0n) is 18.5. The minimum Gasteiger partial charge on any atom is -0.394 e. The third-order valence-electron chi connectivity index (χ3n) is 6.10. The summed E-state index contributed by atoms with van der Waals surface area (Å²) in [4.78, 5) is 14.7. The first-order valence-electron chi connectivity index (χ1n) is 10.6. The van der Waals surface area contributed by atoms with Crippen molar-refractivity contribution < 1.29 is 39.1 Å². The second kappa shape index (κ2) is 9.63. The summed E-state index contributed by atoms with van der Waals surface area (Å²) >= 11 is 1.27. The minimum atomic E-state index is -1.91. The number of aliphatic hydroxyl groups is 4. The second-order valence-corrected chi connectivity index (χ2v) is 9.25. The van der Waals surface area contributed by atoms with Crippen LogP contribution in [0.2, 0.25) is 0 Å². The number of carbonyl (C=O) groups is 1. The highest BCUT2D eigenvalue weighted by Gasteiger charge is 2.55. The van der Waals surface area contributed by atoms with Gasteiger partial charge in [0.2, 0.25) is 11.6 Å². The molecule has 1 aromatic heterocycles. The van der Waals surface area contributed by atoms with E-state index in [1.807, 2.05) is 0 Å². The van der Waals surface area contributed by atoms with E-state index in [1.165, 1.54) is 36.6 Å². The van der Waals surface area contributed by atoms with E-state index in [2.05, 4.69) is 0 Å². The predicted molar refractivity (Wildman–Crippen MR) is 123 cm³/mol. The van der Waals surface area contributed by atoms with Crippen LogP contribution in [0.1, 0.15) is 26.4 Å². The van der Waals surface area contributed by atoms with E-state index in [4.69, 9.17) is 9.47 Å². The fourth-order valence-corrected chi connectivity index (χ4v) is 5.08. The zero-order chi connectivity index (χ0) is 24.6. The highest BCUT2D eigenvalue weighted by molar-refractivity contribution is 7.17. The maximum atomic E-state index is 13.4. The van der Waals surface area contributed by atoms with Crippen LogP contribution in [0.3, 0.4) is 0 Å². The van der Waals surface area contributed by atoms with Gasteiger partial charge in [0.15, 0.2) is 0 Å². The first kappa shape index (κ1) is 24.6. The Morgan fingerprint density at radius 1 is 1.09 bits per heavy atom. The Bertz CT molecular complexity index is 1180. The number of hydrogen-bond donors (Lipinski definition) is 4. The standard InChI is InChI=1S/C25H25FO7S/c1-13-3-6-15(25(32-2)24(31)23(30)22(29)18(12-27)33-25)11-17(13)21(28)20-10-9-19(34-20)14-4-7-16(26)8-5-14/h3-11,18,22-24,27,29-31H,12H2,1-2H3/t18-,22-,23+,24-,25-/m0/s1. The van der Waals surface area contributed by atoms with Crippen LogP contribution in [0, 0.1) is 12.7 Å². The lowest BCUT2D eigenvalue weighted by molar-refractivity contribution is -0.366. The van der Waals surface area contributed by atoms with Gasteiger partial charge in [0, 0.05) is 23.1 Å². The number of ketones is 1. The van der Waals surface area contributed by atoms with Gasteiger partial charge in [0.25, 0.3) is 0 Å². The van der Waals surface area contributed by atoms with Gasteiger partial charge in [0.05, 0.1) is 11.5 Å². The number of halogens is 1. The number of aryl methyl sites for hydroxylation is 1. The Kier molecular flexibility index (Phi) is 6.97. The molecule has 0 saturated carbocycles. The SMILES string of the molecule is CO[C@@]1(c2ccc(C)c(C(=O)c3ccc(-c4ccc(F)cc4)s3)c2)O[C@@H](CO)[C@H](O)[C@@H](O)[C@@H]1O. The smallest absolute Gasteiger partial charge is 0.224 e. The summed E-state index contributed by atoms with van der Waals surface area (Å²) in [6.07, 6.45) is -6.07. The molecule has 0 radical (unpaired) electrons. The number of methoxy groups -OCH3 is 1. The Morgan fingerprint density at radius 2 is 1.79 bits per heavy atom. The van der Waals surface area contributed by atoms with Crippen LogP contribution in [0.5, 0.6) is 0 Å². The van der Waals surface area contributed by atoms with Gasteiger partial charge in [0.1, 0.15) is 30.2 Å². The molecule has 4 rings (SSSR count). The first-order chi connectivity index (χ1) is 16.2. The molecular formula is C25H25FO7S. The van der Waals surface area contributed by atoms with Crippen molar-refractivity contribution >= 4 is 17.1 Å². The van der Waals surface area contributed by atoms with Crippen LogP contribution >= 0.6 is 11.3 Å². The summed E-state index contributed by atoms with van der Waals surface area (Å²) in [6.45, 7) is 1.15. The molecule has 9 heteroatoms. The summed E-state index contributed by atoms with van der Waals surface area (Å²) in [6, 6.07) is 14.3. The number of carbonyl (C=O) groups excluding carboxylic acids is 1. The van der Waals surface area contributed by atoms with E-state index in [-0.39, 0.29) is 17.2 Å².